The largest absolute Gasteiger partial charge is 0.481 e. The molecule has 0 bridgehead atoms. The highest BCUT2D eigenvalue weighted by Crippen LogP contribution is 2.29. The molecule has 0 aromatic heterocycles. The summed E-state index contributed by atoms with van der Waals surface area (Å²) in [6.45, 7) is -0.471. The van der Waals surface area contributed by atoms with Crippen molar-refractivity contribution in [2.24, 2.45) is 5.73 Å². The zero-order valence-electron chi connectivity index (χ0n) is 10.8. The molecule has 0 saturated heterocycles. The first-order valence-corrected chi connectivity index (χ1v) is 7.74. The van der Waals surface area contributed by atoms with Crippen LogP contribution in [0, 0.1) is 11.6 Å². The average molecular weight is 307 g/mol. The molecule has 20 heavy (non-hydrogen) atoms. The van der Waals surface area contributed by atoms with Crippen LogP contribution in [0.2, 0.25) is 0 Å². The number of sulfone groups is 1. The molecule has 0 fully saturated rings. The molecule has 1 rings (SSSR count). The predicted molar refractivity (Wildman–Crippen MR) is 69.1 cm³/mol. The fourth-order valence-electron chi connectivity index (χ4n) is 1.87. The summed E-state index contributed by atoms with van der Waals surface area (Å²) in [5, 5.41) is 9.34. The van der Waals surface area contributed by atoms with E-state index in [0.29, 0.717) is 6.07 Å². The normalized spacial score (nSPS) is 14.8. The minimum absolute atomic E-state index is 0.186. The molecule has 0 radical (unpaired) electrons. The van der Waals surface area contributed by atoms with Gasteiger partial charge in [0.2, 0.25) is 0 Å². The molecule has 0 heterocycles. The maximum absolute atomic E-state index is 13.2. The van der Waals surface area contributed by atoms with E-state index in [9.17, 15) is 27.1 Å². The van der Waals surface area contributed by atoms with E-state index in [1.807, 2.05) is 0 Å². The van der Waals surface area contributed by atoms with Crippen molar-refractivity contribution in [2.45, 2.75) is 11.8 Å². The molecule has 1 aromatic carbocycles. The Morgan fingerprint density at radius 3 is 2.15 bits per heavy atom. The summed E-state index contributed by atoms with van der Waals surface area (Å²) < 4.78 is 48.9. The average Bonchev–Trinajstić information content (AvgIpc) is 2.27. The van der Waals surface area contributed by atoms with Crippen molar-refractivity contribution in [1.29, 1.82) is 0 Å². The van der Waals surface area contributed by atoms with Crippen molar-refractivity contribution in [3.05, 3.63) is 35.4 Å². The number of halogens is 2. The second-order valence-corrected chi connectivity index (χ2v) is 6.89. The van der Waals surface area contributed by atoms with Crippen molar-refractivity contribution < 1.29 is 27.1 Å². The molecule has 3 N–H and O–H groups in total. The van der Waals surface area contributed by atoms with E-state index in [4.69, 9.17) is 5.73 Å². The molecular formula is C12H15F2NO4S. The highest BCUT2D eigenvalue weighted by Gasteiger charge is 2.40. The van der Waals surface area contributed by atoms with Crippen LogP contribution in [0.1, 0.15) is 12.0 Å². The van der Waals surface area contributed by atoms with Crippen LogP contribution in [0.4, 0.5) is 8.78 Å². The number of carboxylic acid groups (broad SMARTS) is 1. The van der Waals surface area contributed by atoms with Gasteiger partial charge in [0, 0.05) is 18.9 Å². The SMILES string of the molecule is CS(=O)(=O)CCC(CN)(C(=O)O)c1cc(F)cc(F)c1. The number of carboxylic acids is 1. The Balaban J connectivity index is 3.33. The number of nitrogens with two attached hydrogens (primary N) is 1. The Hall–Kier alpha value is -1.54. The minimum atomic E-state index is -3.44. The van der Waals surface area contributed by atoms with Crippen molar-refractivity contribution in [1.82, 2.24) is 0 Å². The van der Waals surface area contributed by atoms with E-state index in [0.717, 1.165) is 18.4 Å². The van der Waals surface area contributed by atoms with E-state index in [1.54, 1.807) is 0 Å². The number of aliphatic carboxylic acids is 1. The fourth-order valence-corrected chi connectivity index (χ4v) is 2.59. The number of carbonyl (C=O) groups is 1. The molecule has 5 nitrogen and oxygen atoms in total. The van der Waals surface area contributed by atoms with Gasteiger partial charge in [-0.3, -0.25) is 4.79 Å². The zero-order chi connectivity index (χ0) is 15.6. The van der Waals surface area contributed by atoms with Gasteiger partial charge in [0.25, 0.3) is 0 Å². The van der Waals surface area contributed by atoms with E-state index in [-0.39, 0.29) is 12.0 Å². The second-order valence-electron chi connectivity index (χ2n) is 4.63. The lowest BCUT2D eigenvalue weighted by Crippen LogP contribution is -2.44. The van der Waals surface area contributed by atoms with Crippen molar-refractivity contribution >= 4 is 15.8 Å². The first-order chi connectivity index (χ1) is 9.10. The van der Waals surface area contributed by atoms with Crippen LogP contribution < -0.4 is 5.73 Å². The van der Waals surface area contributed by atoms with Crippen molar-refractivity contribution in [3.63, 3.8) is 0 Å². The summed E-state index contributed by atoms with van der Waals surface area (Å²) in [5.74, 6) is -3.76. The van der Waals surface area contributed by atoms with Gasteiger partial charge in [0.05, 0.1) is 5.75 Å². The molecule has 0 aliphatic heterocycles. The summed E-state index contributed by atoms with van der Waals surface area (Å²) in [6, 6.07) is 2.31. The third-order valence-corrected chi connectivity index (χ3v) is 4.02. The van der Waals surface area contributed by atoms with Crippen LogP contribution in [-0.4, -0.2) is 38.0 Å². The summed E-state index contributed by atoms with van der Waals surface area (Å²) in [7, 11) is -3.44. The Bertz CT molecular complexity index is 598. The van der Waals surface area contributed by atoms with Gasteiger partial charge in [-0.2, -0.15) is 0 Å². The smallest absolute Gasteiger partial charge is 0.315 e. The van der Waals surface area contributed by atoms with E-state index in [1.165, 1.54) is 0 Å². The van der Waals surface area contributed by atoms with Crippen LogP contribution in [0.5, 0.6) is 0 Å². The van der Waals surface area contributed by atoms with Crippen molar-refractivity contribution in [2.75, 3.05) is 18.6 Å². The maximum Gasteiger partial charge on any atom is 0.315 e. The molecule has 0 saturated carbocycles. The molecule has 1 aromatic rings. The first-order valence-electron chi connectivity index (χ1n) is 5.68. The molecule has 0 spiro atoms. The minimum Gasteiger partial charge on any atom is -0.481 e. The predicted octanol–water partition coefficient (Wildman–Crippen LogP) is 0.681. The Kier molecular flexibility index (Phi) is 4.82. The van der Waals surface area contributed by atoms with Gasteiger partial charge >= 0.3 is 5.97 Å². The van der Waals surface area contributed by atoms with E-state index >= 15 is 0 Å². The quantitative estimate of drug-likeness (QED) is 0.805. The molecule has 0 aliphatic carbocycles. The molecule has 1 unspecified atom stereocenters. The lowest BCUT2D eigenvalue weighted by Gasteiger charge is -2.28. The zero-order valence-corrected chi connectivity index (χ0v) is 11.6. The lowest BCUT2D eigenvalue weighted by molar-refractivity contribution is -0.143. The van der Waals surface area contributed by atoms with Crippen LogP contribution in [0.3, 0.4) is 0 Å². The molecule has 1 atom stereocenters. The highest BCUT2D eigenvalue weighted by molar-refractivity contribution is 7.90. The summed E-state index contributed by atoms with van der Waals surface area (Å²) in [6.07, 6.45) is 0.586. The molecule has 8 heteroatoms. The van der Waals surface area contributed by atoms with Gasteiger partial charge < -0.3 is 10.8 Å². The Morgan fingerprint density at radius 1 is 1.30 bits per heavy atom. The maximum atomic E-state index is 13.2. The van der Waals surface area contributed by atoms with Crippen LogP contribution >= 0.6 is 0 Å². The summed E-state index contributed by atoms with van der Waals surface area (Å²) in [4.78, 5) is 11.5. The van der Waals surface area contributed by atoms with E-state index in [2.05, 4.69) is 0 Å². The molecule has 0 aliphatic rings. The topological polar surface area (TPSA) is 97.5 Å². The monoisotopic (exact) mass is 307 g/mol. The summed E-state index contributed by atoms with van der Waals surface area (Å²) in [5.41, 5.74) is 3.42. The van der Waals surface area contributed by atoms with Gasteiger partial charge in [-0.15, -0.1) is 0 Å². The molecule has 112 valence electrons. The van der Waals surface area contributed by atoms with Gasteiger partial charge in [0.1, 0.15) is 26.9 Å². The third kappa shape index (κ3) is 3.73. The number of benzene rings is 1. The highest BCUT2D eigenvalue weighted by atomic mass is 32.2. The van der Waals surface area contributed by atoms with Crippen molar-refractivity contribution in [3.8, 4) is 0 Å². The number of hydrogen-bond donors (Lipinski definition) is 2. The fraction of sp³-hybridized carbons (Fsp3) is 0.417. The lowest BCUT2D eigenvalue weighted by atomic mass is 9.78. The van der Waals surface area contributed by atoms with Gasteiger partial charge in [0.15, 0.2) is 0 Å². The standard InChI is InChI=1S/C12H15F2NO4S/c1-20(18,19)3-2-12(7-15,11(16)17)8-4-9(13)6-10(14)5-8/h4-6H,2-3,7,15H2,1H3,(H,16,17). The number of rotatable bonds is 6. The van der Waals surface area contributed by atoms with Gasteiger partial charge in [-0.25, -0.2) is 17.2 Å². The van der Waals surface area contributed by atoms with Crippen LogP contribution in [0.15, 0.2) is 18.2 Å². The van der Waals surface area contributed by atoms with E-state index < -0.39 is 45.2 Å². The molecule has 0 amide bonds. The van der Waals surface area contributed by atoms with Gasteiger partial charge in [-0.05, 0) is 24.1 Å². The van der Waals surface area contributed by atoms with Gasteiger partial charge in [-0.1, -0.05) is 0 Å². The summed E-state index contributed by atoms with van der Waals surface area (Å²) >= 11 is 0. The van der Waals surface area contributed by atoms with Crippen LogP contribution in [0.25, 0.3) is 0 Å². The third-order valence-electron chi connectivity index (χ3n) is 3.07. The van der Waals surface area contributed by atoms with Crippen LogP contribution in [-0.2, 0) is 20.0 Å². The second kappa shape index (κ2) is 5.84. The Morgan fingerprint density at radius 2 is 1.80 bits per heavy atom. The molecular weight excluding hydrogens is 292 g/mol. The number of hydrogen-bond acceptors (Lipinski definition) is 4. The Labute approximate surface area is 115 Å². The first kappa shape index (κ1) is 16.5.